The third-order valence-electron chi connectivity index (χ3n) is 1.55. The maximum absolute atomic E-state index is 8.67. The van der Waals surface area contributed by atoms with Gasteiger partial charge < -0.3 is 0 Å². The molecular weight excluding hydrogens is 207 g/mol. The minimum Gasteiger partial charge on any atom is -0.195 e. The van der Waals surface area contributed by atoms with E-state index in [2.05, 4.69) is 0 Å². The van der Waals surface area contributed by atoms with Crippen molar-refractivity contribution in [3.05, 3.63) is 34.9 Å². The summed E-state index contributed by atoms with van der Waals surface area (Å²) in [4.78, 5) is -1.61. The molecule has 0 aliphatic carbocycles. The summed E-state index contributed by atoms with van der Waals surface area (Å²) in [5.74, 6) is 0. The molecule has 0 aliphatic rings. The maximum Gasteiger partial charge on any atom is 0.240 e. The number of nitriles is 2. The molecule has 0 atom stereocenters. The molecule has 0 amide bonds. The van der Waals surface area contributed by atoms with Crippen LogP contribution in [0.3, 0.4) is 0 Å². The summed E-state index contributed by atoms with van der Waals surface area (Å²) in [6.45, 7) is 0. The summed E-state index contributed by atoms with van der Waals surface area (Å²) in [7, 11) is 0. The van der Waals surface area contributed by atoms with Crippen LogP contribution in [-0.2, 0) is 4.87 Å². The zero-order valence-corrected chi connectivity index (χ0v) is 7.97. The van der Waals surface area contributed by atoms with Gasteiger partial charge in [0.25, 0.3) is 0 Å². The van der Waals surface area contributed by atoms with E-state index in [9.17, 15) is 0 Å². The highest BCUT2D eigenvalue weighted by Gasteiger charge is 2.28. The third kappa shape index (κ3) is 1.92. The number of hydrogen-bond acceptors (Lipinski definition) is 2. The Morgan fingerprint density at radius 1 is 1.08 bits per heavy atom. The quantitative estimate of drug-likeness (QED) is 0.670. The van der Waals surface area contributed by atoms with E-state index in [1.165, 1.54) is 0 Å². The molecule has 0 radical (unpaired) electrons. The SMILES string of the molecule is N#CC(Cl)(C#N)c1ccc(Cl)cc1. The molecule has 64 valence electrons. The average molecular weight is 211 g/mol. The molecule has 2 nitrogen and oxygen atoms in total. The molecule has 0 saturated heterocycles. The molecule has 1 aromatic carbocycles. The molecule has 1 aromatic rings. The minimum atomic E-state index is -1.61. The lowest BCUT2D eigenvalue weighted by molar-refractivity contribution is 1.00. The second-order valence-electron chi connectivity index (χ2n) is 2.39. The smallest absolute Gasteiger partial charge is 0.195 e. The van der Waals surface area contributed by atoms with E-state index in [4.69, 9.17) is 33.7 Å². The molecule has 0 N–H and O–H groups in total. The van der Waals surface area contributed by atoms with Gasteiger partial charge in [-0.25, -0.2) is 0 Å². The van der Waals surface area contributed by atoms with E-state index < -0.39 is 4.87 Å². The fourth-order valence-electron chi connectivity index (χ4n) is 0.834. The highest BCUT2D eigenvalue weighted by Crippen LogP contribution is 2.28. The molecule has 0 unspecified atom stereocenters. The Labute approximate surface area is 85.9 Å². The second kappa shape index (κ2) is 3.66. The zero-order valence-electron chi connectivity index (χ0n) is 6.46. The highest BCUT2D eigenvalue weighted by atomic mass is 35.5. The van der Waals surface area contributed by atoms with E-state index in [0.29, 0.717) is 10.6 Å². The van der Waals surface area contributed by atoms with Gasteiger partial charge in [0.05, 0.1) is 0 Å². The summed E-state index contributed by atoms with van der Waals surface area (Å²) in [5, 5.41) is 17.9. The minimum absolute atomic E-state index is 0.434. The summed E-state index contributed by atoms with van der Waals surface area (Å²) in [6, 6.07) is 9.74. The third-order valence-corrected chi connectivity index (χ3v) is 2.19. The zero-order chi connectivity index (χ0) is 9.90. The molecule has 0 saturated carbocycles. The first-order valence-corrected chi connectivity index (χ1v) is 4.15. The molecular formula is C9H4Cl2N2. The lowest BCUT2D eigenvalue weighted by Crippen LogP contribution is -2.12. The van der Waals surface area contributed by atoms with E-state index in [0.717, 1.165) is 0 Å². The van der Waals surface area contributed by atoms with Crippen molar-refractivity contribution in [2.75, 3.05) is 0 Å². The Kier molecular flexibility index (Phi) is 2.78. The van der Waals surface area contributed by atoms with Crippen LogP contribution in [0.5, 0.6) is 0 Å². The molecule has 0 bridgehead atoms. The van der Waals surface area contributed by atoms with Gasteiger partial charge in [-0.1, -0.05) is 35.3 Å². The standard InChI is InChI=1S/C9H4Cl2N2/c10-8-3-1-7(2-4-8)9(11,5-12)6-13/h1-4H. The molecule has 0 heterocycles. The number of alkyl halides is 1. The van der Waals surface area contributed by atoms with E-state index in [1.54, 1.807) is 36.4 Å². The number of benzene rings is 1. The van der Waals surface area contributed by atoms with Gasteiger partial charge in [-0.2, -0.15) is 10.5 Å². The van der Waals surface area contributed by atoms with Crippen molar-refractivity contribution in [1.29, 1.82) is 10.5 Å². The van der Waals surface area contributed by atoms with Crippen LogP contribution < -0.4 is 0 Å². The van der Waals surface area contributed by atoms with Crippen molar-refractivity contribution in [2.45, 2.75) is 4.87 Å². The second-order valence-corrected chi connectivity index (χ2v) is 3.39. The normalized spacial score (nSPS) is 10.2. The van der Waals surface area contributed by atoms with Crippen molar-refractivity contribution in [2.24, 2.45) is 0 Å². The van der Waals surface area contributed by atoms with Gasteiger partial charge in [-0.3, -0.25) is 0 Å². The van der Waals surface area contributed by atoms with Crippen LogP contribution in [0.4, 0.5) is 0 Å². The number of rotatable bonds is 1. The fraction of sp³-hybridized carbons (Fsp3) is 0.111. The lowest BCUT2D eigenvalue weighted by atomic mass is 10.0. The van der Waals surface area contributed by atoms with Crippen LogP contribution in [0.1, 0.15) is 5.56 Å². The molecule has 4 heteroatoms. The molecule has 13 heavy (non-hydrogen) atoms. The van der Waals surface area contributed by atoms with E-state index >= 15 is 0 Å². The van der Waals surface area contributed by atoms with Crippen molar-refractivity contribution in [1.82, 2.24) is 0 Å². The van der Waals surface area contributed by atoms with Crippen LogP contribution >= 0.6 is 23.2 Å². The van der Waals surface area contributed by atoms with Gasteiger partial charge in [0.2, 0.25) is 4.87 Å². The van der Waals surface area contributed by atoms with E-state index in [1.807, 2.05) is 0 Å². The van der Waals surface area contributed by atoms with Crippen molar-refractivity contribution < 1.29 is 0 Å². The molecule has 0 fully saturated rings. The number of nitrogens with zero attached hydrogens (tertiary/aromatic N) is 2. The first-order chi connectivity index (χ1) is 6.12. The van der Waals surface area contributed by atoms with Gasteiger partial charge in [0.1, 0.15) is 12.1 Å². The van der Waals surface area contributed by atoms with Gasteiger partial charge in [0, 0.05) is 10.6 Å². The summed E-state index contributed by atoms with van der Waals surface area (Å²) in [5.41, 5.74) is 0.434. The molecule has 0 aliphatic heterocycles. The Hall–Kier alpha value is -1.22. The molecule has 0 aromatic heterocycles. The Morgan fingerprint density at radius 3 is 1.92 bits per heavy atom. The number of halogens is 2. The van der Waals surface area contributed by atoms with Crippen molar-refractivity contribution >= 4 is 23.2 Å². The largest absolute Gasteiger partial charge is 0.240 e. The summed E-state index contributed by atoms with van der Waals surface area (Å²) >= 11 is 11.4. The molecule has 0 spiro atoms. The predicted octanol–water partition coefficient (Wildman–Crippen LogP) is 2.82. The average Bonchev–Trinajstić information content (AvgIpc) is 2.18. The van der Waals surface area contributed by atoms with Crippen LogP contribution in [-0.4, -0.2) is 0 Å². The maximum atomic E-state index is 8.67. The van der Waals surface area contributed by atoms with Gasteiger partial charge in [-0.15, -0.1) is 0 Å². The fourth-order valence-corrected chi connectivity index (χ4v) is 1.09. The highest BCUT2D eigenvalue weighted by molar-refractivity contribution is 6.31. The Morgan fingerprint density at radius 2 is 1.54 bits per heavy atom. The van der Waals surface area contributed by atoms with Crippen LogP contribution in [0.2, 0.25) is 5.02 Å². The van der Waals surface area contributed by atoms with Crippen molar-refractivity contribution in [3.63, 3.8) is 0 Å². The molecule has 1 rings (SSSR count). The van der Waals surface area contributed by atoms with Crippen molar-refractivity contribution in [3.8, 4) is 12.1 Å². The first kappa shape index (κ1) is 9.86. The summed E-state index contributed by atoms with van der Waals surface area (Å²) < 4.78 is 0. The van der Waals surface area contributed by atoms with Gasteiger partial charge in [0.15, 0.2) is 0 Å². The van der Waals surface area contributed by atoms with E-state index in [-0.39, 0.29) is 0 Å². The van der Waals surface area contributed by atoms with Gasteiger partial charge in [-0.05, 0) is 12.1 Å². The van der Waals surface area contributed by atoms with Crippen LogP contribution in [0, 0.1) is 22.7 Å². The summed E-state index contributed by atoms with van der Waals surface area (Å²) in [6.07, 6.45) is 0. The van der Waals surface area contributed by atoms with Crippen LogP contribution in [0.25, 0.3) is 0 Å². The number of hydrogen-bond donors (Lipinski definition) is 0. The predicted molar refractivity (Wildman–Crippen MR) is 50.2 cm³/mol. The lowest BCUT2D eigenvalue weighted by Gasteiger charge is -2.09. The topological polar surface area (TPSA) is 47.6 Å². The Bertz CT molecular complexity index is 370. The van der Waals surface area contributed by atoms with Gasteiger partial charge >= 0.3 is 0 Å². The monoisotopic (exact) mass is 210 g/mol. The first-order valence-electron chi connectivity index (χ1n) is 3.40. The van der Waals surface area contributed by atoms with Crippen LogP contribution in [0.15, 0.2) is 24.3 Å². The Balaban J connectivity index is 3.18.